The molecule has 2 N–H and O–H groups in total. The van der Waals surface area contributed by atoms with Gasteiger partial charge in [-0.2, -0.15) is 4.98 Å². The summed E-state index contributed by atoms with van der Waals surface area (Å²) in [6.45, 7) is 13.1. The molecule has 0 radical (unpaired) electrons. The number of hydrogen-bond acceptors (Lipinski definition) is 8. The van der Waals surface area contributed by atoms with Gasteiger partial charge >= 0.3 is 0 Å². The number of hydrogen-bond donors (Lipinski definition) is 2. The van der Waals surface area contributed by atoms with Gasteiger partial charge in [0.05, 0.1) is 33.8 Å². The van der Waals surface area contributed by atoms with Gasteiger partial charge in [-0.15, -0.1) is 0 Å². The van der Waals surface area contributed by atoms with Gasteiger partial charge in [-0.25, -0.2) is 13.4 Å². The topological polar surface area (TPSA) is 114 Å². The molecular weight excluding hydrogens is 634 g/mol. The van der Waals surface area contributed by atoms with E-state index in [0.29, 0.717) is 29.5 Å². The Kier molecular flexibility index (Phi) is 12.9. The second-order valence-electron chi connectivity index (χ2n) is 12.9. The van der Waals surface area contributed by atoms with Gasteiger partial charge in [-0.1, -0.05) is 56.3 Å². The second-order valence-corrected chi connectivity index (χ2v) is 15.8. The van der Waals surface area contributed by atoms with Crippen LogP contribution in [0.1, 0.15) is 103 Å². The predicted octanol–water partition coefficient (Wildman–Crippen LogP) is 8.96. The summed E-state index contributed by atoms with van der Waals surface area (Å²) >= 11 is 6.47. The van der Waals surface area contributed by atoms with Crippen LogP contribution in [0.4, 0.5) is 23.1 Å². The van der Waals surface area contributed by atoms with E-state index in [4.69, 9.17) is 16.3 Å². The van der Waals surface area contributed by atoms with Crippen molar-refractivity contribution in [2.24, 2.45) is 0 Å². The Morgan fingerprint density at radius 2 is 1.72 bits per heavy atom. The average Bonchev–Trinajstić information content (AvgIpc) is 3.03. The lowest BCUT2D eigenvalue weighted by Gasteiger charge is -2.33. The van der Waals surface area contributed by atoms with Crippen LogP contribution in [0, 0.1) is 6.92 Å². The number of para-hydroxylation sites is 1. The van der Waals surface area contributed by atoms with Crippen LogP contribution in [0.25, 0.3) is 0 Å². The number of rotatable bonds is 15. The fourth-order valence-electron chi connectivity index (χ4n) is 5.91. The van der Waals surface area contributed by atoms with Crippen molar-refractivity contribution in [1.29, 1.82) is 0 Å². The molecule has 2 heterocycles. The largest absolute Gasteiger partial charge is 0.489 e. The number of piperidine rings is 1. The fraction of sp³-hybridized carbons (Fsp3) is 0.528. The second kappa shape index (κ2) is 16.6. The van der Waals surface area contributed by atoms with Gasteiger partial charge in [0.25, 0.3) is 0 Å². The molecule has 0 bridgehead atoms. The molecule has 1 aliphatic heterocycles. The van der Waals surface area contributed by atoms with Crippen molar-refractivity contribution in [3.05, 3.63) is 58.7 Å². The number of nitrogens with one attached hydrogen (secondary N) is 2. The minimum atomic E-state index is -3.55. The van der Waals surface area contributed by atoms with Crippen LogP contribution in [0.2, 0.25) is 5.02 Å². The summed E-state index contributed by atoms with van der Waals surface area (Å²) in [7, 11) is -3.55. The Bertz CT molecular complexity index is 1620. The van der Waals surface area contributed by atoms with Crippen molar-refractivity contribution in [2.75, 3.05) is 23.7 Å². The minimum absolute atomic E-state index is 0.0642. The number of nitrogens with zero attached hydrogens (tertiary/aromatic N) is 3. The van der Waals surface area contributed by atoms with Crippen molar-refractivity contribution in [2.45, 2.75) is 115 Å². The summed E-state index contributed by atoms with van der Waals surface area (Å²) in [5, 5.41) is 6.07. The molecule has 2 aromatic carbocycles. The molecule has 9 nitrogen and oxygen atoms in total. The van der Waals surface area contributed by atoms with Gasteiger partial charge in [-0.3, -0.25) is 4.79 Å². The molecule has 0 unspecified atom stereocenters. The predicted molar refractivity (Wildman–Crippen MR) is 191 cm³/mol. The highest BCUT2D eigenvalue weighted by atomic mass is 35.5. The van der Waals surface area contributed by atoms with E-state index in [1.165, 1.54) is 31.0 Å². The number of likely N-dealkylation sites (tertiary alicyclic amines) is 1. The molecule has 1 amide bonds. The first-order chi connectivity index (χ1) is 22.4. The van der Waals surface area contributed by atoms with Crippen LogP contribution in [0.3, 0.4) is 0 Å². The average molecular weight is 684 g/mol. The van der Waals surface area contributed by atoms with E-state index in [0.717, 1.165) is 44.3 Å². The van der Waals surface area contributed by atoms with Crippen LogP contribution in [-0.4, -0.2) is 53.6 Å². The molecule has 0 spiro atoms. The Hall–Kier alpha value is -3.37. The minimum Gasteiger partial charge on any atom is -0.489 e. The molecule has 0 saturated carbocycles. The molecule has 47 heavy (non-hydrogen) atoms. The smallest absolute Gasteiger partial charge is 0.229 e. The molecule has 3 aromatic rings. The van der Waals surface area contributed by atoms with Crippen LogP contribution in [0.15, 0.2) is 47.5 Å². The lowest BCUT2D eigenvalue weighted by molar-refractivity contribution is -0.132. The van der Waals surface area contributed by atoms with Crippen molar-refractivity contribution in [3.8, 4) is 5.75 Å². The summed E-state index contributed by atoms with van der Waals surface area (Å²) in [6.07, 6.45) is 9.65. The highest BCUT2D eigenvalue weighted by Crippen LogP contribution is 2.38. The summed E-state index contributed by atoms with van der Waals surface area (Å²) in [6, 6.07) is 10.9. The first kappa shape index (κ1) is 36.5. The summed E-state index contributed by atoms with van der Waals surface area (Å²) < 4.78 is 32.3. The zero-order valence-electron chi connectivity index (χ0n) is 28.6. The van der Waals surface area contributed by atoms with Crippen molar-refractivity contribution >= 4 is 50.5 Å². The number of ether oxygens (including phenoxy) is 1. The number of halogens is 1. The first-order valence-electron chi connectivity index (χ1n) is 16.9. The molecule has 1 saturated heterocycles. The number of aryl methyl sites for hydroxylation is 1. The van der Waals surface area contributed by atoms with E-state index in [1.54, 1.807) is 38.1 Å². The Morgan fingerprint density at radius 3 is 2.40 bits per heavy atom. The number of amides is 1. The standard InChI is InChI=1S/C36H50ClN5O4S/c1-7-8-9-10-11-16-34(43)42-19-17-27(18-20-42)28-22-32(46-24(2)3)31(21-26(28)6)40-36-38-23-29(37)35(41-36)39-30-14-12-13-15-33(30)47(44,45)25(4)5/h12-15,21-25,27H,7-11,16-20H2,1-6H3,(H2,38,39,40,41). The summed E-state index contributed by atoms with van der Waals surface area (Å²) in [5.74, 6) is 1.85. The van der Waals surface area contributed by atoms with E-state index in [2.05, 4.69) is 46.6 Å². The maximum absolute atomic E-state index is 13.0. The van der Waals surface area contributed by atoms with Gasteiger partial charge in [0.2, 0.25) is 11.9 Å². The third-order valence-corrected chi connectivity index (χ3v) is 11.1. The van der Waals surface area contributed by atoms with Crippen LogP contribution >= 0.6 is 11.6 Å². The summed E-state index contributed by atoms with van der Waals surface area (Å²) in [5.41, 5.74) is 3.44. The molecule has 256 valence electrons. The van der Waals surface area contributed by atoms with Gasteiger partial charge in [0.1, 0.15) is 10.8 Å². The van der Waals surface area contributed by atoms with Gasteiger partial charge < -0.3 is 20.3 Å². The lowest BCUT2D eigenvalue weighted by Crippen LogP contribution is -2.37. The molecule has 0 atom stereocenters. The van der Waals surface area contributed by atoms with Crippen molar-refractivity contribution in [3.63, 3.8) is 0 Å². The molecule has 1 fully saturated rings. The third-order valence-electron chi connectivity index (χ3n) is 8.57. The molecule has 11 heteroatoms. The first-order valence-corrected chi connectivity index (χ1v) is 18.8. The van der Waals surface area contributed by atoms with Gasteiger partial charge in [0.15, 0.2) is 15.7 Å². The fourth-order valence-corrected chi connectivity index (χ4v) is 7.25. The number of benzene rings is 2. The number of sulfone groups is 1. The third kappa shape index (κ3) is 9.60. The zero-order valence-corrected chi connectivity index (χ0v) is 30.2. The highest BCUT2D eigenvalue weighted by Gasteiger charge is 2.26. The van der Waals surface area contributed by atoms with Crippen molar-refractivity contribution < 1.29 is 17.9 Å². The van der Waals surface area contributed by atoms with Crippen LogP contribution < -0.4 is 15.4 Å². The Morgan fingerprint density at radius 1 is 1.02 bits per heavy atom. The summed E-state index contributed by atoms with van der Waals surface area (Å²) in [4.78, 5) is 24.0. The van der Waals surface area contributed by atoms with E-state index in [9.17, 15) is 13.2 Å². The molecule has 1 aromatic heterocycles. The number of carbonyl (C=O) groups excluding carboxylic acids is 1. The van der Waals surface area contributed by atoms with Crippen LogP contribution in [-0.2, 0) is 14.6 Å². The van der Waals surface area contributed by atoms with E-state index in [1.807, 2.05) is 18.7 Å². The van der Waals surface area contributed by atoms with E-state index < -0.39 is 15.1 Å². The van der Waals surface area contributed by atoms with Crippen LogP contribution in [0.5, 0.6) is 5.75 Å². The number of anilines is 4. The normalized spacial score (nSPS) is 14.1. The maximum Gasteiger partial charge on any atom is 0.229 e. The number of aromatic nitrogens is 2. The SMILES string of the molecule is CCCCCCCC(=O)N1CCC(c2cc(OC(C)C)c(Nc3ncc(Cl)c(Nc4ccccc4S(=O)(=O)C(C)C)n3)cc2C)CC1. The highest BCUT2D eigenvalue weighted by molar-refractivity contribution is 7.92. The van der Waals surface area contributed by atoms with Crippen molar-refractivity contribution in [1.82, 2.24) is 14.9 Å². The zero-order chi connectivity index (χ0) is 34.1. The Balaban J connectivity index is 1.51. The molecule has 4 rings (SSSR count). The van der Waals surface area contributed by atoms with E-state index >= 15 is 0 Å². The van der Waals surface area contributed by atoms with Gasteiger partial charge in [-0.05, 0) is 95.2 Å². The Labute approximate surface area is 285 Å². The van der Waals surface area contributed by atoms with Gasteiger partial charge in [0, 0.05) is 19.5 Å². The van der Waals surface area contributed by atoms with E-state index in [-0.39, 0.29) is 33.7 Å². The quantitative estimate of drug-likeness (QED) is 0.153. The molecule has 1 aliphatic rings. The number of carbonyl (C=O) groups is 1. The monoisotopic (exact) mass is 683 g/mol. The lowest BCUT2D eigenvalue weighted by atomic mass is 9.86. The molecule has 0 aliphatic carbocycles. The number of unbranched alkanes of at least 4 members (excludes halogenated alkanes) is 4. The molecular formula is C36H50ClN5O4S. The maximum atomic E-state index is 13.0.